The lowest BCUT2D eigenvalue weighted by Crippen LogP contribution is -2.59. The zero-order chi connectivity index (χ0) is 21.9. The molecule has 0 aliphatic heterocycles. The molecule has 0 spiro atoms. The normalized spacial score (nSPS) is 49.5. The Morgan fingerprint density at radius 1 is 0.967 bits per heavy atom. The number of rotatable bonds is 5. The lowest BCUT2D eigenvalue weighted by Gasteiger charge is -2.65. The molecule has 0 aromatic rings. The minimum absolute atomic E-state index is 0.0972. The van der Waals surface area contributed by atoms with Gasteiger partial charge in [0.1, 0.15) is 5.78 Å². The third-order valence-electron chi connectivity index (χ3n) is 11.4. The zero-order valence-electron chi connectivity index (χ0n) is 20.6. The van der Waals surface area contributed by atoms with E-state index in [-0.39, 0.29) is 10.2 Å². The quantitative estimate of drug-likeness (QED) is 0.362. The van der Waals surface area contributed by atoms with Crippen LogP contribution in [0.15, 0.2) is 0 Å². The number of carbonyl (C=O) groups is 1. The summed E-state index contributed by atoms with van der Waals surface area (Å²) in [7, 11) is 0. The molecule has 4 rings (SSSR count). The number of Topliss-reactive ketones (excluding diaryl/α,β-unsaturated/α-hetero) is 1. The van der Waals surface area contributed by atoms with Crippen molar-refractivity contribution in [3.63, 3.8) is 0 Å². The summed E-state index contributed by atoms with van der Waals surface area (Å²) in [5.74, 6) is 5.80. The van der Waals surface area contributed by atoms with Gasteiger partial charge in [-0.05, 0) is 96.7 Å². The molecule has 0 aromatic carbocycles. The van der Waals surface area contributed by atoms with Gasteiger partial charge in [0.15, 0.2) is 0 Å². The summed E-state index contributed by atoms with van der Waals surface area (Å²) in [6.07, 6.45) is 14.6. The molecule has 9 unspecified atom stereocenters. The molecule has 9 atom stereocenters. The van der Waals surface area contributed by atoms with Crippen molar-refractivity contribution in [1.29, 1.82) is 0 Å². The largest absolute Gasteiger partial charge is 0.298 e. The fourth-order valence-electron chi connectivity index (χ4n) is 9.39. The summed E-state index contributed by atoms with van der Waals surface area (Å²) in [4.78, 5) is 12.7. The Morgan fingerprint density at radius 2 is 1.70 bits per heavy atom. The maximum atomic E-state index is 12.6. The third kappa shape index (κ3) is 3.58. The summed E-state index contributed by atoms with van der Waals surface area (Å²) >= 11 is 3.77. The highest BCUT2D eigenvalue weighted by atomic mass is 79.9. The van der Waals surface area contributed by atoms with Crippen molar-refractivity contribution in [3.8, 4) is 0 Å². The Balaban J connectivity index is 1.52. The first-order chi connectivity index (χ1) is 14.0. The minimum atomic E-state index is 0.0972. The summed E-state index contributed by atoms with van der Waals surface area (Å²) in [5.41, 5.74) is 1.13. The molecular weight excluding hydrogens is 432 g/mol. The molecule has 0 aromatic heterocycles. The van der Waals surface area contributed by atoms with Crippen molar-refractivity contribution in [2.45, 2.75) is 117 Å². The van der Waals surface area contributed by atoms with E-state index in [1.165, 1.54) is 57.8 Å². The van der Waals surface area contributed by atoms with Gasteiger partial charge in [-0.25, -0.2) is 0 Å². The van der Waals surface area contributed by atoms with Gasteiger partial charge in [0.05, 0.1) is 4.83 Å². The fourth-order valence-corrected chi connectivity index (χ4v) is 10.2. The first-order valence-electron chi connectivity index (χ1n) is 13.2. The number of halogens is 1. The standard InChI is InChI=1S/C28H47BrO/c1-18(2)8-7-9-19(3)21-10-11-22-20-12-14-26(4)17-25(30)24(29)16-28(26,6)23(20)13-15-27(21,22)5/h18-24H,7-17H2,1-6H3. The minimum Gasteiger partial charge on any atom is -0.298 e. The van der Waals surface area contributed by atoms with E-state index in [1.807, 2.05) is 0 Å². The Labute approximate surface area is 195 Å². The number of ketones is 1. The van der Waals surface area contributed by atoms with Crippen LogP contribution in [0.3, 0.4) is 0 Å². The summed E-state index contributed by atoms with van der Waals surface area (Å²) in [5, 5.41) is 0. The Kier molecular flexibility index (Phi) is 6.35. The average Bonchev–Trinajstić information content (AvgIpc) is 3.01. The van der Waals surface area contributed by atoms with Gasteiger partial charge in [0.2, 0.25) is 0 Å². The molecule has 0 radical (unpaired) electrons. The Bertz CT molecular complexity index is 657. The highest BCUT2D eigenvalue weighted by molar-refractivity contribution is 9.10. The van der Waals surface area contributed by atoms with E-state index in [4.69, 9.17) is 0 Å². The Hall–Kier alpha value is 0.150. The predicted octanol–water partition coefficient (Wildman–Crippen LogP) is 8.44. The van der Waals surface area contributed by atoms with Crippen LogP contribution < -0.4 is 0 Å². The average molecular weight is 480 g/mol. The van der Waals surface area contributed by atoms with Crippen molar-refractivity contribution >= 4 is 21.7 Å². The van der Waals surface area contributed by atoms with Gasteiger partial charge in [0, 0.05) is 6.42 Å². The van der Waals surface area contributed by atoms with Gasteiger partial charge in [-0.15, -0.1) is 0 Å². The van der Waals surface area contributed by atoms with E-state index in [9.17, 15) is 4.79 Å². The van der Waals surface area contributed by atoms with Crippen molar-refractivity contribution in [1.82, 2.24) is 0 Å². The molecular formula is C28H47BrO. The molecule has 0 bridgehead atoms. The first kappa shape index (κ1) is 23.3. The van der Waals surface area contributed by atoms with Crippen molar-refractivity contribution < 1.29 is 4.79 Å². The van der Waals surface area contributed by atoms with Crippen LogP contribution in [-0.4, -0.2) is 10.6 Å². The molecule has 4 aliphatic carbocycles. The van der Waals surface area contributed by atoms with Crippen LogP contribution >= 0.6 is 15.9 Å². The number of fused-ring (bicyclic) bond motifs is 5. The van der Waals surface area contributed by atoms with Crippen molar-refractivity contribution in [2.75, 3.05) is 0 Å². The van der Waals surface area contributed by atoms with Gasteiger partial charge < -0.3 is 0 Å². The summed E-state index contributed by atoms with van der Waals surface area (Å²) < 4.78 is 0. The lowest BCUT2D eigenvalue weighted by molar-refractivity contribution is -0.162. The molecule has 4 aliphatic rings. The van der Waals surface area contributed by atoms with Crippen LogP contribution in [0.4, 0.5) is 0 Å². The second kappa shape index (κ2) is 8.18. The second-order valence-corrected chi connectivity index (χ2v) is 14.3. The number of alkyl halides is 1. The van der Waals surface area contributed by atoms with Gasteiger partial charge in [-0.1, -0.05) is 76.7 Å². The highest BCUT2D eigenvalue weighted by Crippen LogP contribution is 2.71. The van der Waals surface area contributed by atoms with Gasteiger partial charge in [-0.2, -0.15) is 0 Å². The van der Waals surface area contributed by atoms with Crippen LogP contribution in [0.5, 0.6) is 0 Å². The van der Waals surface area contributed by atoms with E-state index >= 15 is 0 Å². The summed E-state index contributed by atoms with van der Waals surface area (Å²) in [6.45, 7) is 15.0. The fraction of sp³-hybridized carbons (Fsp3) is 0.964. The number of carbonyl (C=O) groups excluding carboxylic acids is 1. The molecule has 0 N–H and O–H groups in total. The second-order valence-electron chi connectivity index (χ2n) is 13.2. The SMILES string of the molecule is CC(C)CCCC(C)C1CCC2C3CCC4(C)CC(=O)C(Br)CC4(C)C3CCC12C. The maximum Gasteiger partial charge on any atom is 0.147 e. The van der Waals surface area contributed by atoms with Crippen molar-refractivity contribution in [2.24, 2.45) is 51.8 Å². The molecule has 0 heterocycles. The summed E-state index contributed by atoms with van der Waals surface area (Å²) in [6, 6.07) is 0. The number of hydrogen-bond donors (Lipinski definition) is 0. The smallest absolute Gasteiger partial charge is 0.147 e. The van der Waals surface area contributed by atoms with Crippen molar-refractivity contribution in [3.05, 3.63) is 0 Å². The monoisotopic (exact) mass is 478 g/mol. The lowest BCUT2D eigenvalue weighted by atomic mass is 9.40. The first-order valence-corrected chi connectivity index (χ1v) is 14.1. The van der Waals surface area contributed by atoms with Gasteiger partial charge in [0.25, 0.3) is 0 Å². The van der Waals surface area contributed by atoms with Crippen LogP contribution in [0.25, 0.3) is 0 Å². The van der Waals surface area contributed by atoms with Gasteiger partial charge >= 0.3 is 0 Å². The Morgan fingerprint density at radius 3 is 2.40 bits per heavy atom. The van der Waals surface area contributed by atoms with E-state index in [0.717, 1.165) is 48.3 Å². The predicted molar refractivity (Wildman–Crippen MR) is 131 cm³/mol. The molecule has 30 heavy (non-hydrogen) atoms. The van der Waals surface area contributed by atoms with Crippen LogP contribution in [0.2, 0.25) is 0 Å². The van der Waals surface area contributed by atoms with Crippen LogP contribution in [0, 0.1) is 51.8 Å². The molecule has 2 heteroatoms. The van der Waals surface area contributed by atoms with E-state index < -0.39 is 0 Å². The van der Waals surface area contributed by atoms with E-state index in [0.29, 0.717) is 16.6 Å². The number of hydrogen-bond acceptors (Lipinski definition) is 1. The molecule has 172 valence electrons. The molecule has 0 saturated heterocycles. The molecule has 1 nitrogen and oxygen atoms in total. The maximum absolute atomic E-state index is 12.6. The zero-order valence-corrected chi connectivity index (χ0v) is 22.2. The van der Waals surface area contributed by atoms with E-state index in [1.54, 1.807) is 0 Å². The van der Waals surface area contributed by atoms with E-state index in [2.05, 4.69) is 57.5 Å². The molecule has 0 amide bonds. The topological polar surface area (TPSA) is 17.1 Å². The molecule has 4 saturated carbocycles. The highest BCUT2D eigenvalue weighted by Gasteiger charge is 2.64. The van der Waals surface area contributed by atoms with Gasteiger partial charge in [-0.3, -0.25) is 4.79 Å². The van der Waals surface area contributed by atoms with Crippen LogP contribution in [0.1, 0.15) is 112 Å². The third-order valence-corrected chi connectivity index (χ3v) is 12.2. The van der Waals surface area contributed by atoms with Crippen LogP contribution in [-0.2, 0) is 4.79 Å². The molecule has 4 fully saturated rings.